The van der Waals surface area contributed by atoms with Gasteiger partial charge < -0.3 is 0 Å². The molecule has 0 aliphatic heterocycles. The van der Waals surface area contributed by atoms with Crippen LogP contribution in [0, 0.1) is 0 Å². The zero-order chi connectivity index (χ0) is 8.81. The second-order valence-electron chi connectivity index (χ2n) is 2.79. The van der Waals surface area contributed by atoms with Crippen molar-refractivity contribution >= 4 is 12.6 Å². The van der Waals surface area contributed by atoms with Crippen LogP contribution in [-0.2, 0) is 6.42 Å². The van der Waals surface area contributed by atoms with Crippen LogP contribution >= 0.6 is 12.6 Å². The molecule has 65 valence electrons. The maximum Gasteiger partial charge on any atom is 0.155 e. The van der Waals surface area contributed by atoms with Crippen LogP contribution in [0.1, 0.15) is 18.4 Å². The summed E-state index contributed by atoms with van der Waals surface area (Å²) in [6.45, 7) is 0. The third-order valence-electron chi connectivity index (χ3n) is 1.74. The Morgan fingerprint density at radius 1 is 1.25 bits per heavy atom. The number of halogens is 1. The molecule has 0 aliphatic rings. The fraction of sp³-hybridized carbons (Fsp3) is 0.400. The van der Waals surface area contributed by atoms with E-state index in [1.165, 1.54) is 5.56 Å². The first-order valence-corrected chi connectivity index (χ1v) is 4.60. The number of aryl methyl sites for hydroxylation is 1. The first-order chi connectivity index (χ1) is 5.79. The van der Waals surface area contributed by atoms with Gasteiger partial charge in [0.2, 0.25) is 0 Å². The molecule has 0 aromatic heterocycles. The van der Waals surface area contributed by atoms with Crippen LogP contribution in [-0.4, -0.2) is 5.50 Å². The second-order valence-corrected chi connectivity index (χ2v) is 3.30. The van der Waals surface area contributed by atoms with E-state index in [4.69, 9.17) is 0 Å². The van der Waals surface area contributed by atoms with Crippen molar-refractivity contribution in [2.45, 2.75) is 24.8 Å². The van der Waals surface area contributed by atoms with Gasteiger partial charge in [-0.2, -0.15) is 0 Å². The molecule has 2 heteroatoms. The number of hydrogen-bond acceptors (Lipinski definition) is 0. The highest BCUT2D eigenvalue weighted by atomic mass is 32.1. The average molecular weight is 183 g/mol. The molecular weight excluding hydrogens is 171 g/mol. The van der Waals surface area contributed by atoms with Crippen molar-refractivity contribution in [2.24, 2.45) is 0 Å². The molecule has 0 saturated heterocycles. The normalized spacial score (nSPS) is 12.8. The molecule has 0 bridgehead atoms. The Hall–Kier alpha value is -0.500. The van der Waals surface area contributed by atoms with Crippen molar-refractivity contribution in [1.29, 1.82) is 0 Å². The lowest BCUT2D eigenvalue weighted by atomic mass is 10.1. The topological polar surface area (TPSA) is 0 Å². The number of rotatable bonds is 4. The summed E-state index contributed by atoms with van der Waals surface area (Å²) in [6, 6.07) is 10.1. The van der Waals surface area contributed by atoms with E-state index < -0.39 is 5.50 Å². The number of alkyl halides is 1. The zero-order valence-electron chi connectivity index (χ0n) is 6.87. The molecule has 1 unspecified atom stereocenters. The van der Waals surface area contributed by atoms with Crippen molar-refractivity contribution in [1.82, 2.24) is 0 Å². The van der Waals surface area contributed by atoms with E-state index in [-0.39, 0.29) is 0 Å². The van der Waals surface area contributed by atoms with Crippen molar-refractivity contribution in [3.05, 3.63) is 35.9 Å². The van der Waals surface area contributed by atoms with Crippen molar-refractivity contribution in [3.63, 3.8) is 0 Å². The van der Waals surface area contributed by atoms with E-state index in [1.807, 2.05) is 18.2 Å². The Bertz CT molecular complexity index is 208. The minimum Gasteiger partial charge on any atom is -0.235 e. The first kappa shape index (κ1) is 9.59. The summed E-state index contributed by atoms with van der Waals surface area (Å²) in [6.07, 6.45) is 2.26. The quantitative estimate of drug-likeness (QED) is 0.670. The van der Waals surface area contributed by atoms with Gasteiger partial charge in [-0.3, -0.25) is 0 Å². The third kappa shape index (κ3) is 3.77. The van der Waals surface area contributed by atoms with Gasteiger partial charge in [-0.15, -0.1) is 0 Å². The fourth-order valence-electron chi connectivity index (χ4n) is 1.11. The zero-order valence-corrected chi connectivity index (χ0v) is 7.69. The highest BCUT2D eigenvalue weighted by Crippen LogP contribution is 2.10. The summed E-state index contributed by atoms with van der Waals surface area (Å²) in [5.41, 5.74) is 0.182. The Balaban J connectivity index is 2.25. The van der Waals surface area contributed by atoms with Gasteiger partial charge in [-0.05, 0) is 24.8 Å². The number of hydrogen-bond donors (Lipinski definition) is 0. The van der Waals surface area contributed by atoms with Crippen LogP contribution < -0.4 is 0 Å². The van der Waals surface area contributed by atoms with Gasteiger partial charge in [-0.25, -0.2) is 4.39 Å². The maximum absolute atomic E-state index is 12.2. The van der Waals surface area contributed by atoms with Crippen molar-refractivity contribution in [3.8, 4) is 0 Å². The Labute approximate surface area is 78.2 Å². The van der Waals surface area contributed by atoms with E-state index in [1.54, 1.807) is 0 Å². The predicted octanol–water partition coefficient (Wildman–Crippen LogP) is 3.50. The minimum absolute atomic E-state index is 0.490. The smallest absolute Gasteiger partial charge is 0.155 e. The van der Waals surface area contributed by atoms with E-state index >= 15 is 0 Å². The molecule has 12 heavy (non-hydrogen) atoms. The van der Waals surface area contributed by atoms with Crippen LogP contribution in [0.3, 0.4) is 0 Å². The molecule has 1 rings (SSSR count). The molecule has 0 N–H and O–H groups in total. The summed E-state index contributed by atoms with van der Waals surface area (Å²) < 4.78 is 12.2. The van der Waals surface area contributed by atoms with Crippen LogP contribution in [0.15, 0.2) is 30.3 Å². The lowest BCUT2D eigenvalue weighted by molar-refractivity contribution is 0.423. The monoisotopic (exact) mass is 183 g/mol. The summed E-state index contributed by atoms with van der Waals surface area (Å²) in [5.74, 6) is 0. The van der Waals surface area contributed by atoms with E-state index in [0.717, 1.165) is 12.8 Å². The molecule has 0 nitrogen and oxygen atoms in total. The van der Waals surface area contributed by atoms with Crippen molar-refractivity contribution in [2.75, 3.05) is 0 Å². The van der Waals surface area contributed by atoms with Crippen LogP contribution in [0.4, 0.5) is 4.39 Å². The van der Waals surface area contributed by atoms with Crippen LogP contribution in [0.5, 0.6) is 0 Å². The van der Waals surface area contributed by atoms with Gasteiger partial charge >= 0.3 is 0 Å². The van der Waals surface area contributed by atoms with Gasteiger partial charge in [0.1, 0.15) is 0 Å². The highest BCUT2D eigenvalue weighted by molar-refractivity contribution is 7.80. The molecule has 1 atom stereocenters. The maximum atomic E-state index is 12.2. The minimum atomic E-state index is -1.08. The van der Waals surface area contributed by atoms with E-state index in [2.05, 4.69) is 24.8 Å². The van der Waals surface area contributed by atoms with Crippen LogP contribution in [0.25, 0.3) is 0 Å². The van der Waals surface area contributed by atoms with Gasteiger partial charge in [-0.1, -0.05) is 43.0 Å². The Morgan fingerprint density at radius 3 is 2.50 bits per heavy atom. The SMILES string of the molecule is FC([S])CCCc1ccccc1. The molecule has 0 heterocycles. The molecule has 1 aromatic carbocycles. The highest BCUT2D eigenvalue weighted by Gasteiger charge is 1.99. The van der Waals surface area contributed by atoms with Gasteiger partial charge in [0, 0.05) is 0 Å². The molecule has 0 spiro atoms. The molecule has 1 radical (unpaired) electrons. The average Bonchev–Trinajstić information content (AvgIpc) is 2.05. The van der Waals surface area contributed by atoms with E-state index in [0.29, 0.717) is 6.42 Å². The Kier molecular flexibility index (Phi) is 4.15. The fourth-order valence-corrected chi connectivity index (χ4v) is 1.28. The van der Waals surface area contributed by atoms with E-state index in [9.17, 15) is 4.39 Å². The molecule has 0 fully saturated rings. The molecular formula is C10H12FS. The second kappa shape index (κ2) is 5.20. The molecule has 0 amide bonds. The molecule has 0 saturated carbocycles. The lowest BCUT2D eigenvalue weighted by Crippen LogP contribution is -1.91. The molecule has 1 aromatic rings. The largest absolute Gasteiger partial charge is 0.235 e. The first-order valence-electron chi connectivity index (χ1n) is 4.13. The molecule has 0 aliphatic carbocycles. The third-order valence-corrected chi connectivity index (χ3v) is 1.98. The standard InChI is InChI=1S/C10H12FS/c11-10(12)8-4-7-9-5-2-1-3-6-9/h1-3,5-6,10H,4,7-8H2. The van der Waals surface area contributed by atoms with Gasteiger partial charge in [0.15, 0.2) is 5.50 Å². The predicted molar refractivity (Wildman–Crippen MR) is 51.9 cm³/mol. The van der Waals surface area contributed by atoms with Gasteiger partial charge in [0.25, 0.3) is 0 Å². The summed E-state index contributed by atoms with van der Waals surface area (Å²) in [5, 5.41) is 0. The number of benzene rings is 1. The van der Waals surface area contributed by atoms with Gasteiger partial charge in [0.05, 0.1) is 0 Å². The summed E-state index contributed by atoms with van der Waals surface area (Å²) >= 11 is 4.43. The Morgan fingerprint density at radius 2 is 1.92 bits per heavy atom. The lowest BCUT2D eigenvalue weighted by Gasteiger charge is -2.00. The van der Waals surface area contributed by atoms with Crippen molar-refractivity contribution < 1.29 is 4.39 Å². The van der Waals surface area contributed by atoms with Crippen LogP contribution in [0.2, 0.25) is 0 Å². The summed E-state index contributed by atoms with van der Waals surface area (Å²) in [7, 11) is 0. The summed E-state index contributed by atoms with van der Waals surface area (Å²) in [4.78, 5) is 0.